The number of aliphatic hydroxyl groups excluding tert-OH is 1. The van der Waals surface area contributed by atoms with Crippen LogP contribution in [0.5, 0.6) is 0 Å². The Labute approximate surface area is 123 Å². The number of hydrogen-bond acceptors (Lipinski definition) is 4. The maximum absolute atomic E-state index is 13.2. The second kappa shape index (κ2) is 6.35. The zero-order valence-electron chi connectivity index (χ0n) is 11.8. The van der Waals surface area contributed by atoms with Crippen molar-refractivity contribution in [2.45, 2.75) is 50.5 Å². The number of hydrogen-bond donors (Lipinski definition) is 1. The van der Waals surface area contributed by atoms with Crippen molar-refractivity contribution in [2.24, 2.45) is 0 Å². The average Bonchev–Trinajstić information content (AvgIpc) is 2.80. The number of aromatic nitrogens is 2. The summed E-state index contributed by atoms with van der Waals surface area (Å²) in [5.74, 6) is 0.708. The van der Waals surface area contributed by atoms with Crippen LogP contribution >= 0.6 is 0 Å². The molecule has 3 rings (SSSR count). The van der Waals surface area contributed by atoms with Crippen LogP contribution in [0.4, 0.5) is 4.39 Å². The van der Waals surface area contributed by atoms with Gasteiger partial charge in [-0.25, -0.2) is 4.39 Å². The summed E-state index contributed by atoms with van der Waals surface area (Å²) in [5.41, 5.74) is 0.809. The van der Waals surface area contributed by atoms with E-state index in [1.54, 1.807) is 6.07 Å². The van der Waals surface area contributed by atoms with Gasteiger partial charge in [-0.05, 0) is 30.5 Å². The van der Waals surface area contributed by atoms with E-state index in [1.165, 1.54) is 12.1 Å². The number of halogens is 1. The van der Waals surface area contributed by atoms with E-state index in [-0.39, 0.29) is 11.7 Å². The van der Waals surface area contributed by atoms with Gasteiger partial charge in [-0.15, -0.1) is 0 Å². The van der Waals surface area contributed by atoms with Gasteiger partial charge in [-0.1, -0.05) is 36.6 Å². The van der Waals surface area contributed by atoms with Crippen LogP contribution in [-0.2, 0) is 6.42 Å². The second-order valence-electron chi connectivity index (χ2n) is 5.67. The van der Waals surface area contributed by atoms with Gasteiger partial charge < -0.3 is 9.63 Å². The molecule has 1 heterocycles. The molecule has 2 unspecified atom stereocenters. The van der Waals surface area contributed by atoms with E-state index >= 15 is 0 Å². The van der Waals surface area contributed by atoms with Crippen LogP contribution in [0.3, 0.4) is 0 Å². The molecule has 0 saturated heterocycles. The molecule has 1 saturated carbocycles. The molecule has 2 atom stereocenters. The number of aliphatic hydroxyl groups is 1. The lowest BCUT2D eigenvalue weighted by Gasteiger charge is -2.15. The molecule has 1 aromatic carbocycles. The van der Waals surface area contributed by atoms with Crippen molar-refractivity contribution in [3.05, 3.63) is 47.4 Å². The Kier molecular flexibility index (Phi) is 4.29. The normalized spacial score (nSPS) is 23.0. The van der Waals surface area contributed by atoms with Crippen LogP contribution in [0.25, 0.3) is 0 Å². The van der Waals surface area contributed by atoms with Gasteiger partial charge in [0.05, 0.1) is 12.0 Å². The zero-order chi connectivity index (χ0) is 14.7. The van der Waals surface area contributed by atoms with Gasteiger partial charge in [0, 0.05) is 6.42 Å². The topological polar surface area (TPSA) is 59.2 Å². The first kappa shape index (κ1) is 14.2. The Morgan fingerprint density at radius 1 is 1.24 bits per heavy atom. The minimum Gasteiger partial charge on any atom is -0.392 e. The molecule has 1 aliphatic rings. The van der Waals surface area contributed by atoms with Crippen LogP contribution in [0.15, 0.2) is 28.8 Å². The lowest BCUT2D eigenvalue weighted by Crippen LogP contribution is -2.17. The Morgan fingerprint density at radius 2 is 2.10 bits per heavy atom. The average molecular weight is 290 g/mol. The lowest BCUT2D eigenvalue weighted by atomic mass is 9.97. The Bertz CT molecular complexity index is 599. The SMILES string of the molecule is OC1CCCCCC1c1nc(Cc2cccc(F)c2)no1. The van der Waals surface area contributed by atoms with Crippen molar-refractivity contribution < 1.29 is 14.0 Å². The summed E-state index contributed by atoms with van der Waals surface area (Å²) in [7, 11) is 0. The van der Waals surface area contributed by atoms with Gasteiger partial charge in [-0.2, -0.15) is 4.98 Å². The lowest BCUT2D eigenvalue weighted by molar-refractivity contribution is 0.119. The predicted octanol–water partition coefficient (Wildman–Crippen LogP) is 3.21. The minimum atomic E-state index is -0.407. The highest BCUT2D eigenvalue weighted by Crippen LogP contribution is 2.31. The van der Waals surface area contributed by atoms with E-state index in [2.05, 4.69) is 10.1 Å². The van der Waals surface area contributed by atoms with E-state index in [1.807, 2.05) is 6.07 Å². The summed E-state index contributed by atoms with van der Waals surface area (Å²) < 4.78 is 18.5. The first-order valence-corrected chi connectivity index (χ1v) is 7.47. The van der Waals surface area contributed by atoms with Gasteiger partial charge in [0.1, 0.15) is 5.82 Å². The molecule has 0 amide bonds. The van der Waals surface area contributed by atoms with E-state index in [0.717, 1.165) is 37.7 Å². The van der Waals surface area contributed by atoms with E-state index in [4.69, 9.17) is 4.52 Å². The second-order valence-corrected chi connectivity index (χ2v) is 5.67. The van der Waals surface area contributed by atoms with Crippen LogP contribution < -0.4 is 0 Å². The third-order valence-corrected chi connectivity index (χ3v) is 4.03. The molecular weight excluding hydrogens is 271 g/mol. The largest absolute Gasteiger partial charge is 0.392 e. The van der Waals surface area contributed by atoms with Crippen molar-refractivity contribution >= 4 is 0 Å². The van der Waals surface area contributed by atoms with Crippen LogP contribution in [0.2, 0.25) is 0 Å². The van der Waals surface area contributed by atoms with Crippen molar-refractivity contribution in [3.8, 4) is 0 Å². The molecule has 5 heteroatoms. The minimum absolute atomic E-state index is 0.0683. The predicted molar refractivity (Wildman–Crippen MR) is 75.3 cm³/mol. The fourth-order valence-electron chi connectivity index (χ4n) is 2.90. The highest BCUT2D eigenvalue weighted by Gasteiger charge is 2.28. The Hall–Kier alpha value is -1.75. The van der Waals surface area contributed by atoms with Crippen molar-refractivity contribution in [1.29, 1.82) is 0 Å². The molecule has 21 heavy (non-hydrogen) atoms. The fourth-order valence-corrected chi connectivity index (χ4v) is 2.90. The highest BCUT2D eigenvalue weighted by molar-refractivity contribution is 5.19. The van der Waals surface area contributed by atoms with Gasteiger partial charge >= 0.3 is 0 Å². The number of rotatable bonds is 3. The van der Waals surface area contributed by atoms with E-state index in [9.17, 15) is 9.50 Å². The third kappa shape index (κ3) is 3.47. The molecule has 1 aliphatic carbocycles. The molecule has 0 spiro atoms. The monoisotopic (exact) mass is 290 g/mol. The summed E-state index contributed by atoms with van der Waals surface area (Å²) >= 11 is 0. The quantitative estimate of drug-likeness (QED) is 0.882. The van der Waals surface area contributed by atoms with Crippen LogP contribution in [-0.4, -0.2) is 21.4 Å². The third-order valence-electron chi connectivity index (χ3n) is 4.03. The van der Waals surface area contributed by atoms with Crippen molar-refractivity contribution in [1.82, 2.24) is 10.1 Å². The molecule has 0 aliphatic heterocycles. The first-order valence-electron chi connectivity index (χ1n) is 7.47. The number of nitrogens with zero attached hydrogens (tertiary/aromatic N) is 2. The molecule has 0 radical (unpaired) electrons. The fraction of sp³-hybridized carbons (Fsp3) is 0.500. The molecule has 1 N–H and O–H groups in total. The molecule has 4 nitrogen and oxygen atoms in total. The van der Waals surface area contributed by atoms with E-state index in [0.29, 0.717) is 18.1 Å². The summed E-state index contributed by atoms with van der Waals surface area (Å²) in [5, 5.41) is 14.1. The zero-order valence-corrected chi connectivity index (χ0v) is 11.8. The summed E-state index contributed by atoms with van der Waals surface area (Å²) in [6, 6.07) is 6.38. The molecular formula is C16H19FN2O2. The van der Waals surface area contributed by atoms with E-state index < -0.39 is 6.10 Å². The summed E-state index contributed by atoms with van der Waals surface area (Å²) in [4.78, 5) is 4.39. The first-order chi connectivity index (χ1) is 10.2. The van der Waals surface area contributed by atoms with Gasteiger partial charge in [0.15, 0.2) is 5.82 Å². The van der Waals surface area contributed by atoms with Gasteiger partial charge in [0.25, 0.3) is 0 Å². The summed E-state index contributed by atoms with van der Waals surface area (Å²) in [6.07, 6.45) is 4.94. The molecule has 0 bridgehead atoms. The van der Waals surface area contributed by atoms with Crippen LogP contribution in [0.1, 0.15) is 55.3 Å². The smallest absolute Gasteiger partial charge is 0.232 e. The van der Waals surface area contributed by atoms with Crippen molar-refractivity contribution in [2.75, 3.05) is 0 Å². The Balaban J connectivity index is 1.73. The molecule has 1 aromatic heterocycles. The summed E-state index contributed by atoms with van der Waals surface area (Å²) in [6.45, 7) is 0. The highest BCUT2D eigenvalue weighted by atomic mass is 19.1. The maximum Gasteiger partial charge on any atom is 0.232 e. The van der Waals surface area contributed by atoms with Gasteiger partial charge in [0.2, 0.25) is 5.89 Å². The Morgan fingerprint density at radius 3 is 2.95 bits per heavy atom. The number of benzene rings is 1. The molecule has 1 fully saturated rings. The van der Waals surface area contributed by atoms with Crippen LogP contribution in [0, 0.1) is 5.82 Å². The molecule has 112 valence electrons. The molecule has 2 aromatic rings. The van der Waals surface area contributed by atoms with Gasteiger partial charge in [-0.3, -0.25) is 0 Å². The van der Waals surface area contributed by atoms with Crippen molar-refractivity contribution in [3.63, 3.8) is 0 Å². The maximum atomic E-state index is 13.2. The standard InChI is InChI=1S/C16H19FN2O2/c17-12-6-4-5-11(9-12)10-15-18-16(21-19-15)13-7-2-1-3-8-14(13)20/h4-6,9,13-14,20H,1-3,7-8,10H2.